The number of imide groups is 1. The Labute approximate surface area is 221 Å². The van der Waals surface area contributed by atoms with Crippen LogP contribution in [0.15, 0.2) is 24.3 Å². The molecule has 1 aromatic carbocycles. The average molecular weight is 533 g/mol. The molecule has 38 heavy (non-hydrogen) atoms. The minimum atomic E-state index is -0.489. The van der Waals surface area contributed by atoms with Crippen LogP contribution in [0.1, 0.15) is 50.5 Å². The van der Waals surface area contributed by atoms with Crippen molar-refractivity contribution in [1.82, 2.24) is 15.5 Å². The van der Waals surface area contributed by atoms with Crippen LogP contribution in [0.5, 0.6) is 0 Å². The van der Waals surface area contributed by atoms with Crippen LogP contribution in [-0.2, 0) is 39.9 Å². The van der Waals surface area contributed by atoms with Crippen molar-refractivity contribution < 1.29 is 38.2 Å². The average Bonchev–Trinajstić information content (AvgIpc) is 2.87. The summed E-state index contributed by atoms with van der Waals surface area (Å²) < 4.78 is 10.4. The van der Waals surface area contributed by atoms with Gasteiger partial charge < -0.3 is 30.2 Å². The third-order valence-electron chi connectivity index (χ3n) is 5.57. The molecular formula is C26H36N4O8. The van der Waals surface area contributed by atoms with Gasteiger partial charge in [-0.2, -0.15) is 0 Å². The summed E-state index contributed by atoms with van der Waals surface area (Å²) in [7, 11) is 0. The number of unbranched alkanes of at least 4 members (excludes halogenated alkanes) is 3. The zero-order chi connectivity index (χ0) is 27.6. The first kappa shape index (κ1) is 30.4. The Hall–Kier alpha value is -3.80. The number of ether oxygens (including phenoxy) is 2. The molecule has 0 atom stereocenters. The third-order valence-corrected chi connectivity index (χ3v) is 5.57. The smallest absolute Gasteiger partial charge is 0.407 e. The van der Waals surface area contributed by atoms with Gasteiger partial charge in [-0.05, 0) is 30.5 Å². The molecule has 0 saturated carbocycles. The van der Waals surface area contributed by atoms with Crippen molar-refractivity contribution >= 4 is 41.7 Å². The van der Waals surface area contributed by atoms with Crippen molar-refractivity contribution in [2.24, 2.45) is 0 Å². The van der Waals surface area contributed by atoms with E-state index in [9.17, 15) is 28.8 Å². The predicted molar refractivity (Wildman–Crippen MR) is 137 cm³/mol. The largest absolute Gasteiger partial charge is 0.449 e. The van der Waals surface area contributed by atoms with Crippen molar-refractivity contribution in [3.05, 3.63) is 29.8 Å². The van der Waals surface area contributed by atoms with Gasteiger partial charge in [0.05, 0.1) is 19.6 Å². The molecule has 2 rings (SSSR count). The molecule has 3 N–H and O–H groups in total. The van der Waals surface area contributed by atoms with Crippen LogP contribution in [0, 0.1) is 0 Å². The normalized spacial score (nSPS) is 12.3. The molecule has 0 aliphatic carbocycles. The maximum Gasteiger partial charge on any atom is 0.407 e. The summed E-state index contributed by atoms with van der Waals surface area (Å²) in [6.07, 6.45) is 4.08. The molecule has 208 valence electrons. The summed E-state index contributed by atoms with van der Waals surface area (Å²) in [5.41, 5.74) is 1.21. The van der Waals surface area contributed by atoms with E-state index in [4.69, 9.17) is 9.47 Å². The van der Waals surface area contributed by atoms with Crippen LogP contribution < -0.4 is 16.0 Å². The lowest BCUT2D eigenvalue weighted by atomic mass is 10.1. The number of hydrogen-bond donors (Lipinski definition) is 3. The summed E-state index contributed by atoms with van der Waals surface area (Å²) in [5.74, 6) is -1.33. The SMILES string of the molecule is O=CCCCCCNC(=O)OCCCOCCNC(=O)CC(=O)Nc1ccc(CC(=O)N2CCC2=O)cc1. The van der Waals surface area contributed by atoms with Gasteiger partial charge in [0.15, 0.2) is 0 Å². The van der Waals surface area contributed by atoms with Crippen LogP contribution in [0.2, 0.25) is 0 Å². The fraction of sp³-hybridized carbons (Fsp3) is 0.538. The van der Waals surface area contributed by atoms with Crippen LogP contribution in [0.25, 0.3) is 0 Å². The second-order valence-corrected chi connectivity index (χ2v) is 8.68. The minimum Gasteiger partial charge on any atom is -0.449 e. The number of likely N-dealkylation sites (tertiary alicyclic amines) is 1. The molecule has 0 radical (unpaired) electrons. The van der Waals surface area contributed by atoms with Crippen molar-refractivity contribution in [2.45, 2.75) is 51.4 Å². The molecule has 12 nitrogen and oxygen atoms in total. The van der Waals surface area contributed by atoms with Crippen molar-refractivity contribution in [3.63, 3.8) is 0 Å². The Morgan fingerprint density at radius 3 is 2.37 bits per heavy atom. The number of carbonyl (C=O) groups is 6. The molecule has 12 heteroatoms. The second-order valence-electron chi connectivity index (χ2n) is 8.68. The van der Waals surface area contributed by atoms with E-state index < -0.39 is 17.9 Å². The van der Waals surface area contributed by atoms with Crippen molar-refractivity contribution in [3.8, 4) is 0 Å². The first-order valence-corrected chi connectivity index (χ1v) is 12.8. The van der Waals surface area contributed by atoms with Crippen LogP contribution in [-0.4, -0.2) is 80.4 Å². The Morgan fingerprint density at radius 1 is 0.895 bits per heavy atom. The molecule has 0 bridgehead atoms. The van der Waals surface area contributed by atoms with Crippen molar-refractivity contribution in [2.75, 3.05) is 44.8 Å². The number of carbonyl (C=O) groups excluding carboxylic acids is 6. The van der Waals surface area contributed by atoms with E-state index in [-0.39, 0.29) is 44.4 Å². The van der Waals surface area contributed by atoms with Gasteiger partial charge in [-0.15, -0.1) is 0 Å². The molecule has 5 amide bonds. The molecular weight excluding hydrogens is 496 g/mol. The molecule has 0 aromatic heterocycles. The number of anilines is 1. The second kappa shape index (κ2) is 17.6. The highest BCUT2D eigenvalue weighted by Gasteiger charge is 2.29. The van der Waals surface area contributed by atoms with Crippen LogP contribution in [0.4, 0.5) is 10.5 Å². The van der Waals surface area contributed by atoms with Gasteiger partial charge in [0.25, 0.3) is 0 Å². The summed E-state index contributed by atoms with van der Waals surface area (Å²) in [6, 6.07) is 6.64. The van der Waals surface area contributed by atoms with E-state index in [1.165, 1.54) is 4.90 Å². The number of β-lactam (4-membered cyclic amide) rings is 1. The highest BCUT2D eigenvalue weighted by Crippen LogP contribution is 2.14. The molecule has 1 aliphatic rings. The zero-order valence-electron chi connectivity index (χ0n) is 21.5. The maximum atomic E-state index is 12.1. The first-order valence-electron chi connectivity index (χ1n) is 12.8. The fourth-order valence-corrected chi connectivity index (χ4v) is 3.43. The minimum absolute atomic E-state index is 0.109. The monoisotopic (exact) mass is 532 g/mol. The lowest BCUT2D eigenvalue weighted by Crippen LogP contribution is -2.48. The van der Waals surface area contributed by atoms with Gasteiger partial charge in [-0.1, -0.05) is 18.6 Å². The molecule has 1 aromatic rings. The number of nitrogens with one attached hydrogen (secondary N) is 3. The Morgan fingerprint density at radius 2 is 1.68 bits per heavy atom. The summed E-state index contributed by atoms with van der Waals surface area (Å²) in [5, 5.41) is 7.86. The number of rotatable bonds is 18. The van der Waals surface area contributed by atoms with E-state index in [0.717, 1.165) is 31.1 Å². The van der Waals surface area contributed by atoms with Gasteiger partial charge in [0.1, 0.15) is 12.7 Å². The van der Waals surface area contributed by atoms with E-state index in [2.05, 4.69) is 16.0 Å². The zero-order valence-corrected chi connectivity index (χ0v) is 21.5. The number of alkyl carbamates (subject to hydrolysis) is 1. The number of benzene rings is 1. The molecule has 1 fully saturated rings. The summed E-state index contributed by atoms with van der Waals surface area (Å²) in [4.78, 5) is 70.3. The highest BCUT2D eigenvalue weighted by molar-refractivity contribution is 6.03. The first-order chi connectivity index (χ1) is 18.4. The maximum absolute atomic E-state index is 12.1. The lowest BCUT2D eigenvalue weighted by Gasteiger charge is -2.28. The number of nitrogens with zero attached hydrogens (tertiary/aromatic N) is 1. The van der Waals surface area contributed by atoms with Crippen LogP contribution >= 0.6 is 0 Å². The standard InChI is InChI=1S/C26H36N4O8/c31-14-4-2-1-3-11-28-26(36)38-16-5-15-37-17-12-27-22(32)19-23(33)29-21-8-6-20(7-9-21)18-25(35)30-13-10-24(30)34/h6-9,14H,1-5,10-13,15-19H2,(H,27,32)(H,28,36)(H,29,33). The van der Waals surface area contributed by atoms with Crippen molar-refractivity contribution in [1.29, 1.82) is 0 Å². The Bertz CT molecular complexity index is 951. The van der Waals surface area contributed by atoms with Gasteiger partial charge in [0, 0.05) is 51.2 Å². The molecule has 1 saturated heterocycles. The fourth-order valence-electron chi connectivity index (χ4n) is 3.43. The highest BCUT2D eigenvalue weighted by atomic mass is 16.5. The molecule has 0 unspecified atom stereocenters. The van der Waals surface area contributed by atoms with Gasteiger partial charge in [-0.3, -0.25) is 24.1 Å². The summed E-state index contributed by atoms with van der Waals surface area (Å²) in [6.45, 7) is 2.01. The van der Waals surface area contributed by atoms with Crippen LogP contribution in [0.3, 0.4) is 0 Å². The van der Waals surface area contributed by atoms with Gasteiger partial charge >= 0.3 is 6.09 Å². The van der Waals surface area contributed by atoms with Gasteiger partial charge in [0.2, 0.25) is 23.6 Å². The van der Waals surface area contributed by atoms with Gasteiger partial charge in [-0.25, -0.2) is 4.79 Å². The Balaban J connectivity index is 1.46. The predicted octanol–water partition coefficient (Wildman–Crippen LogP) is 1.33. The van der Waals surface area contributed by atoms with E-state index in [0.29, 0.717) is 44.6 Å². The number of amides is 5. The topological polar surface area (TPSA) is 160 Å². The third kappa shape index (κ3) is 12.4. The number of aldehydes is 1. The summed E-state index contributed by atoms with van der Waals surface area (Å²) >= 11 is 0. The van der Waals surface area contributed by atoms with E-state index in [1.807, 2.05) is 0 Å². The lowest BCUT2D eigenvalue weighted by molar-refractivity contribution is -0.152. The Kier molecular flexibility index (Phi) is 14.1. The molecule has 1 aliphatic heterocycles. The molecule has 1 heterocycles. The quantitative estimate of drug-likeness (QED) is 0.110. The van der Waals surface area contributed by atoms with E-state index in [1.54, 1.807) is 24.3 Å². The molecule has 0 spiro atoms. The number of hydrogen-bond acceptors (Lipinski definition) is 8. The van der Waals surface area contributed by atoms with E-state index >= 15 is 0 Å².